The number of hydrogen-bond acceptors (Lipinski definition) is 6. The van der Waals surface area contributed by atoms with Crippen LogP contribution in [0.4, 0.5) is 5.82 Å². The molecule has 144 valence electrons. The number of aromatic nitrogens is 2. The fraction of sp³-hybridized carbons (Fsp3) is 0.556. The van der Waals surface area contributed by atoms with E-state index in [4.69, 9.17) is 4.52 Å². The minimum Gasteiger partial charge on any atom is -0.363 e. The van der Waals surface area contributed by atoms with E-state index in [9.17, 15) is 8.42 Å². The monoisotopic (exact) mass is 380 g/mol. The molecule has 0 aliphatic rings. The van der Waals surface area contributed by atoms with Crippen molar-refractivity contribution in [1.82, 2.24) is 14.4 Å². The molecular formula is C18H28N4O3S. The van der Waals surface area contributed by atoms with Gasteiger partial charge in [-0.05, 0) is 60.6 Å². The van der Waals surface area contributed by atoms with Gasteiger partial charge in [0.15, 0.2) is 0 Å². The van der Waals surface area contributed by atoms with E-state index in [1.165, 1.54) is 10.5 Å². The van der Waals surface area contributed by atoms with Crippen LogP contribution in [0.25, 0.3) is 0 Å². The lowest BCUT2D eigenvalue weighted by Gasteiger charge is -2.29. The van der Waals surface area contributed by atoms with E-state index in [1.807, 2.05) is 48.5 Å². The fourth-order valence-corrected chi connectivity index (χ4v) is 5.07. The number of rotatable bonds is 7. The third kappa shape index (κ3) is 4.07. The van der Waals surface area contributed by atoms with Crippen molar-refractivity contribution in [2.75, 3.05) is 5.32 Å². The van der Waals surface area contributed by atoms with Crippen LogP contribution in [0.3, 0.4) is 0 Å². The lowest BCUT2D eigenvalue weighted by Crippen LogP contribution is -2.41. The van der Waals surface area contributed by atoms with Crippen LogP contribution < -0.4 is 5.32 Å². The molecule has 0 bridgehead atoms. The number of hydrogen-bond donors (Lipinski definition) is 1. The minimum atomic E-state index is -3.58. The molecule has 2 heterocycles. The van der Waals surface area contributed by atoms with Crippen LogP contribution in [0, 0.1) is 13.8 Å². The highest BCUT2D eigenvalue weighted by Crippen LogP contribution is 2.25. The molecule has 0 saturated heterocycles. The summed E-state index contributed by atoms with van der Waals surface area (Å²) in [7, 11) is -3.58. The molecule has 8 heteroatoms. The van der Waals surface area contributed by atoms with Gasteiger partial charge < -0.3 is 9.84 Å². The van der Waals surface area contributed by atoms with Crippen molar-refractivity contribution < 1.29 is 12.9 Å². The Labute approximate surface area is 155 Å². The van der Waals surface area contributed by atoms with E-state index in [0.717, 1.165) is 17.0 Å². The summed E-state index contributed by atoms with van der Waals surface area (Å²) in [5.74, 6) is 1.35. The molecule has 2 aromatic rings. The van der Waals surface area contributed by atoms with E-state index in [1.54, 1.807) is 12.1 Å². The minimum absolute atomic E-state index is 0.0565. The fourth-order valence-electron chi connectivity index (χ4n) is 3.29. The number of sulfonamides is 1. The molecule has 0 radical (unpaired) electrons. The molecule has 0 aliphatic carbocycles. The largest absolute Gasteiger partial charge is 0.363 e. The summed E-state index contributed by atoms with van der Waals surface area (Å²) in [5, 5.41) is 7.22. The highest BCUT2D eigenvalue weighted by molar-refractivity contribution is 7.89. The van der Waals surface area contributed by atoms with Crippen molar-refractivity contribution >= 4 is 15.8 Å². The van der Waals surface area contributed by atoms with Gasteiger partial charge in [0.25, 0.3) is 0 Å². The summed E-state index contributed by atoms with van der Waals surface area (Å²) < 4.78 is 32.4. The molecule has 2 rings (SSSR count). The van der Waals surface area contributed by atoms with Crippen molar-refractivity contribution in [3.8, 4) is 0 Å². The lowest BCUT2D eigenvalue weighted by atomic mass is 10.1. The van der Waals surface area contributed by atoms with Crippen LogP contribution >= 0.6 is 0 Å². The van der Waals surface area contributed by atoms with Crippen molar-refractivity contribution in [3.05, 3.63) is 35.3 Å². The quantitative estimate of drug-likeness (QED) is 0.788. The average molecular weight is 381 g/mol. The maximum Gasteiger partial charge on any atom is 0.245 e. The lowest BCUT2D eigenvalue weighted by molar-refractivity contribution is 0.302. The molecule has 1 atom stereocenters. The second-order valence-corrected chi connectivity index (χ2v) is 8.85. The smallest absolute Gasteiger partial charge is 0.245 e. The summed E-state index contributed by atoms with van der Waals surface area (Å²) in [5.41, 5.74) is 1.81. The maximum absolute atomic E-state index is 12.9. The van der Waals surface area contributed by atoms with Crippen LogP contribution in [0.5, 0.6) is 0 Å². The molecule has 2 aromatic heterocycles. The molecule has 0 spiro atoms. The van der Waals surface area contributed by atoms with E-state index in [-0.39, 0.29) is 23.0 Å². The zero-order chi connectivity index (χ0) is 19.6. The van der Waals surface area contributed by atoms with Gasteiger partial charge in [-0.2, -0.15) is 4.31 Å². The second-order valence-electron chi connectivity index (χ2n) is 7.01. The predicted molar refractivity (Wildman–Crippen MR) is 102 cm³/mol. The van der Waals surface area contributed by atoms with Gasteiger partial charge in [-0.1, -0.05) is 5.16 Å². The Morgan fingerprint density at radius 2 is 1.69 bits per heavy atom. The van der Waals surface area contributed by atoms with E-state index in [0.29, 0.717) is 5.82 Å². The Hall–Kier alpha value is -1.93. The summed E-state index contributed by atoms with van der Waals surface area (Å²) in [6, 6.07) is 2.96. The third-order valence-electron chi connectivity index (χ3n) is 4.22. The van der Waals surface area contributed by atoms with Crippen LogP contribution in [0.2, 0.25) is 0 Å². The highest BCUT2D eigenvalue weighted by Gasteiger charge is 2.29. The second kappa shape index (κ2) is 7.75. The topological polar surface area (TPSA) is 88.3 Å². The Bertz CT molecular complexity index is 814. The van der Waals surface area contributed by atoms with Gasteiger partial charge in [0.05, 0.1) is 11.7 Å². The van der Waals surface area contributed by atoms with Crippen molar-refractivity contribution in [1.29, 1.82) is 0 Å². The molecule has 0 aliphatic heterocycles. The number of anilines is 1. The van der Waals surface area contributed by atoms with Gasteiger partial charge in [0.2, 0.25) is 10.0 Å². The van der Waals surface area contributed by atoms with Gasteiger partial charge in [-0.3, -0.25) is 0 Å². The first-order valence-electron chi connectivity index (χ1n) is 8.74. The van der Waals surface area contributed by atoms with Crippen LogP contribution in [-0.2, 0) is 10.0 Å². The first-order chi connectivity index (χ1) is 12.1. The molecule has 7 nitrogen and oxygen atoms in total. The molecule has 0 saturated carbocycles. The van der Waals surface area contributed by atoms with Gasteiger partial charge in [-0.25, -0.2) is 13.4 Å². The molecule has 0 aromatic carbocycles. The van der Waals surface area contributed by atoms with Gasteiger partial charge in [-0.15, -0.1) is 0 Å². The Morgan fingerprint density at radius 1 is 1.08 bits per heavy atom. The third-order valence-corrected chi connectivity index (χ3v) is 6.45. The molecule has 1 N–H and O–H groups in total. The number of nitrogens with zero attached hydrogens (tertiary/aromatic N) is 3. The summed E-state index contributed by atoms with van der Waals surface area (Å²) in [6.07, 6.45) is 1.40. The summed E-state index contributed by atoms with van der Waals surface area (Å²) in [4.78, 5) is 4.48. The van der Waals surface area contributed by atoms with Crippen molar-refractivity contribution in [3.63, 3.8) is 0 Å². The Balaban J connectivity index is 2.23. The maximum atomic E-state index is 12.9. The first kappa shape index (κ1) is 20.4. The summed E-state index contributed by atoms with van der Waals surface area (Å²) in [6.45, 7) is 13.2. The van der Waals surface area contributed by atoms with Crippen LogP contribution in [0.15, 0.2) is 27.7 Å². The van der Waals surface area contributed by atoms with Gasteiger partial charge >= 0.3 is 0 Å². The highest BCUT2D eigenvalue weighted by atomic mass is 32.2. The molecular weight excluding hydrogens is 352 g/mol. The van der Waals surface area contributed by atoms with Gasteiger partial charge in [0.1, 0.15) is 16.5 Å². The Kier molecular flexibility index (Phi) is 6.08. The average Bonchev–Trinajstić information content (AvgIpc) is 2.85. The molecule has 0 fully saturated rings. The number of nitrogens with one attached hydrogen (secondary N) is 1. The predicted octanol–water partition coefficient (Wildman–Crippen LogP) is 3.67. The van der Waals surface area contributed by atoms with E-state index in [2.05, 4.69) is 15.5 Å². The molecule has 0 amide bonds. The zero-order valence-electron chi connectivity index (χ0n) is 16.4. The number of pyridine rings is 1. The van der Waals surface area contributed by atoms with Crippen LogP contribution in [0.1, 0.15) is 57.7 Å². The zero-order valence-corrected chi connectivity index (χ0v) is 17.3. The SMILES string of the molecule is Cc1noc(C)c1C(C)Nc1ccc(S(=O)(=O)N(C(C)C)C(C)C)cn1. The molecule has 26 heavy (non-hydrogen) atoms. The number of aryl methyl sites for hydroxylation is 2. The van der Waals surface area contributed by atoms with Gasteiger partial charge in [0, 0.05) is 23.8 Å². The standard InChI is InChI=1S/C18H28N4O3S/c1-11(2)22(12(3)4)26(23,24)16-8-9-17(19-10-16)20-13(5)18-14(6)21-25-15(18)7/h8-13H,1-7H3,(H,19,20). The molecule has 1 unspecified atom stereocenters. The summed E-state index contributed by atoms with van der Waals surface area (Å²) >= 11 is 0. The normalized spacial score (nSPS) is 13.6. The van der Waals surface area contributed by atoms with Crippen molar-refractivity contribution in [2.24, 2.45) is 0 Å². The first-order valence-corrected chi connectivity index (χ1v) is 10.2. The van der Waals surface area contributed by atoms with Crippen molar-refractivity contribution in [2.45, 2.75) is 71.5 Å². The van der Waals surface area contributed by atoms with E-state index >= 15 is 0 Å². The van der Waals surface area contributed by atoms with E-state index < -0.39 is 10.0 Å². The van der Waals surface area contributed by atoms with Crippen LogP contribution in [-0.4, -0.2) is 34.9 Å². The Morgan fingerprint density at radius 3 is 2.12 bits per heavy atom.